The van der Waals surface area contributed by atoms with Gasteiger partial charge in [0, 0.05) is 17.2 Å². The molecule has 0 aromatic heterocycles. The summed E-state index contributed by atoms with van der Waals surface area (Å²) in [6.07, 6.45) is -1.17. The zero-order valence-electron chi connectivity index (χ0n) is 13.4. The molecule has 2 rings (SSSR count). The van der Waals surface area contributed by atoms with Crippen molar-refractivity contribution in [1.82, 2.24) is 0 Å². The van der Waals surface area contributed by atoms with Crippen LogP contribution >= 0.6 is 23.2 Å². The summed E-state index contributed by atoms with van der Waals surface area (Å²) in [6, 6.07) is 7.82. The minimum atomic E-state index is -1.17. The Morgan fingerprint density at radius 2 is 1.92 bits per heavy atom. The molecule has 2 aromatic rings. The monoisotopic (exact) mass is 397 g/mol. The van der Waals surface area contributed by atoms with Gasteiger partial charge in [0.1, 0.15) is 0 Å². The van der Waals surface area contributed by atoms with Crippen LogP contribution in [-0.2, 0) is 9.53 Å². The van der Waals surface area contributed by atoms with Gasteiger partial charge in [-0.3, -0.25) is 14.9 Å². The van der Waals surface area contributed by atoms with Crippen LogP contribution in [0.2, 0.25) is 10.0 Å². The molecule has 0 fully saturated rings. The Morgan fingerprint density at radius 3 is 2.54 bits per heavy atom. The van der Waals surface area contributed by atoms with Crippen LogP contribution in [0.4, 0.5) is 17.1 Å². The summed E-state index contributed by atoms with van der Waals surface area (Å²) in [6.45, 7) is 1.35. The maximum absolute atomic E-state index is 12.2. The molecule has 0 unspecified atom stereocenters. The van der Waals surface area contributed by atoms with E-state index in [9.17, 15) is 19.7 Å². The molecule has 0 aliphatic rings. The smallest absolute Gasteiger partial charge is 0.341 e. The van der Waals surface area contributed by atoms with Crippen molar-refractivity contribution in [1.29, 1.82) is 0 Å². The third-order valence-electron chi connectivity index (χ3n) is 3.31. The van der Waals surface area contributed by atoms with Crippen LogP contribution in [0.5, 0.6) is 0 Å². The van der Waals surface area contributed by atoms with E-state index < -0.39 is 22.9 Å². The number of rotatable bonds is 5. The van der Waals surface area contributed by atoms with Crippen molar-refractivity contribution in [2.45, 2.75) is 13.0 Å². The van der Waals surface area contributed by atoms with Gasteiger partial charge in [-0.2, -0.15) is 0 Å². The molecular weight excluding hydrogens is 385 g/mol. The zero-order chi connectivity index (χ0) is 19.4. The van der Waals surface area contributed by atoms with E-state index in [0.717, 1.165) is 18.2 Å². The number of carbonyl (C=O) groups excluding carboxylic acids is 2. The predicted molar refractivity (Wildman–Crippen MR) is 97.5 cm³/mol. The number of nitrogen functional groups attached to an aromatic ring is 1. The summed E-state index contributed by atoms with van der Waals surface area (Å²) in [4.78, 5) is 34.3. The van der Waals surface area contributed by atoms with Crippen LogP contribution in [0.25, 0.3) is 0 Å². The molecule has 26 heavy (non-hydrogen) atoms. The lowest BCUT2D eigenvalue weighted by Gasteiger charge is -2.15. The van der Waals surface area contributed by atoms with Gasteiger partial charge < -0.3 is 15.8 Å². The number of nitrogens with zero attached hydrogens (tertiary/aromatic N) is 1. The normalized spacial score (nSPS) is 11.5. The first-order valence-corrected chi connectivity index (χ1v) is 7.95. The van der Waals surface area contributed by atoms with E-state index in [2.05, 4.69) is 5.32 Å². The van der Waals surface area contributed by atoms with Gasteiger partial charge in [0.05, 0.1) is 26.9 Å². The van der Waals surface area contributed by atoms with Gasteiger partial charge in [-0.1, -0.05) is 23.2 Å². The third kappa shape index (κ3) is 4.62. The number of esters is 1. The second kappa shape index (κ2) is 8.03. The molecule has 0 bridgehead atoms. The van der Waals surface area contributed by atoms with E-state index in [1.165, 1.54) is 19.1 Å². The van der Waals surface area contributed by atoms with Crippen LogP contribution in [-0.4, -0.2) is 22.9 Å². The molecule has 0 radical (unpaired) electrons. The molecule has 10 heteroatoms. The highest BCUT2D eigenvalue weighted by atomic mass is 35.5. The van der Waals surface area contributed by atoms with Gasteiger partial charge in [-0.05, 0) is 31.2 Å². The third-order valence-corrected chi connectivity index (χ3v) is 3.87. The minimum Gasteiger partial charge on any atom is -0.449 e. The molecule has 0 spiro atoms. The Labute approximate surface area is 158 Å². The van der Waals surface area contributed by atoms with Gasteiger partial charge >= 0.3 is 5.97 Å². The number of carbonyl (C=O) groups is 2. The first-order valence-electron chi connectivity index (χ1n) is 7.20. The molecule has 0 aliphatic carbocycles. The highest BCUT2D eigenvalue weighted by Crippen LogP contribution is 2.26. The van der Waals surface area contributed by atoms with E-state index in [0.29, 0.717) is 5.02 Å². The van der Waals surface area contributed by atoms with Crippen molar-refractivity contribution in [2.24, 2.45) is 0 Å². The van der Waals surface area contributed by atoms with Crippen LogP contribution < -0.4 is 11.1 Å². The summed E-state index contributed by atoms with van der Waals surface area (Å²) in [5, 5.41) is 13.8. The van der Waals surface area contributed by atoms with Gasteiger partial charge in [0.2, 0.25) is 0 Å². The number of nitrogens with one attached hydrogen (secondary N) is 1. The lowest BCUT2D eigenvalue weighted by atomic mass is 10.1. The first-order chi connectivity index (χ1) is 12.2. The summed E-state index contributed by atoms with van der Waals surface area (Å²) < 4.78 is 5.04. The SMILES string of the molecule is C[C@H](OC(=O)c1ccc([N+](=O)[O-])cc1N)C(=O)Nc1cc(Cl)ccc1Cl. The van der Waals surface area contributed by atoms with Gasteiger partial charge in [0.25, 0.3) is 11.6 Å². The molecule has 2 aromatic carbocycles. The lowest BCUT2D eigenvalue weighted by Crippen LogP contribution is -2.30. The van der Waals surface area contributed by atoms with E-state index in [-0.39, 0.29) is 27.6 Å². The number of nitro benzene ring substituents is 1. The molecule has 0 saturated heterocycles. The summed E-state index contributed by atoms with van der Waals surface area (Å²) in [5.41, 5.74) is 5.42. The maximum Gasteiger partial charge on any atom is 0.341 e. The molecule has 0 aliphatic heterocycles. The number of anilines is 2. The van der Waals surface area contributed by atoms with Crippen molar-refractivity contribution in [2.75, 3.05) is 11.1 Å². The summed E-state index contributed by atoms with van der Waals surface area (Å²) in [7, 11) is 0. The fourth-order valence-corrected chi connectivity index (χ4v) is 2.29. The molecule has 3 N–H and O–H groups in total. The number of benzene rings is 2. The molecule has 136 valence electrons. The van der Waals surface area contributed by atoms with Crippen molar-refractivity contribution >= 4 is 52.1 Å². The average Bonchev–Trinajstić information content (AvgIpc) is 2.57. The Bertz CT molecular complexity index is 888. The standard InChI is InChI=1S/C16H13Cl2N3O5/c1-8(15(22)20-14-6-9(17)2-5-12(14)18)26-16(23)11-4-3-10(21(24)25)7-13(11)19/h2-8H,19H2,1H3,(H,20,22)/t8-/m0/s1. The van der Waals surface area contributed by atoms with Gasteiger partial charge in [-0.25, -0.2) is 4.79 Å². The number of halogens is 2. The quantitative estimate of drug-likeness (QED) is 0.343. The van der Waals surface area contributed by atoms with Crippen LogP contribution in [0, 0.1) is 10.1 Å². The number of nitrogens with two attached hydrogens (primary N) is 1. The zero-order valence-corrected chi connectivity index (χ0v) is 14.9. The number of amides is 1. The summed E-state index contributed by atoms with van der Waals surface area (Å²) in [5.74, 6) is -1.53. The lowest BCUT2D eigenvalue weighted by molar-refractivity contribution is -0.384. The fraction of sp³-hybridized carbons (Fsp3) is 0.125. The summed E-state index contributed by atoms with van der Waals surface area (Å²) >= 11 is 11.8. The van der Waals surface area contributed by atoms with Crippen molar-refractivity contribution < 1.29 is 19.2 Å². The number of hydrogen-bond acceptors (Lipinski definition) is 6. The number of nitro groups is 1. The fourth-order valence-electron chi connectivity index (χ4n) is 1.95. The predicted octanol–water partition coefficient (Wildman–Crippen LogP) is 3.67. The molecular formula is C16H13Cl2N3O5. The Balaban J connectivity index is 2.07. The molecule has 8 nitrogen and oxygen atoms in total. The van der Waals surface area contributed by atoms with E-state index >= 15 is 0 Å². The second-order valence-corrected chi connectivity index (χ2v) is 6.03. The van der Waals surface area contributed by atoms with Crippen LogP contribution in [0.1, 0.15) is 17.3 Å². The van der Waals surface area contributed by atoms with Crippen molar-refractivity contribution in [3.8, 4) is 0 Å². The molecule has 0 heterocycles. The largest absolute Gasteiger partial charge is 0.449 e. The van der Waals surface area contributed by atoms with Crippen molar-refractivity contribution in [3.63, 3.8) is 0 Å². The Morgan fingerprint density at radius 1 is 1.23 bits per heavy atom. The van der Waals surface area contributed by atoms with E-state index in [1.54, 1.807) is 6.07 Å². The first kappa shape index (κ1) is 19.5. The maximum atomic E-state index is 12.2. The molecule has 1 atom stereocenters. The van der Waals surface area contributed by atoms with Crippen molar-refractivity contribution in [3.05, 3.63) is 62.1 Å². The Kier molecular flexibility index (Phi) is 6.01. The minimum absolute atomic E-state index is 0.0870. The Hall–Kier alpha value is -2.84. The van der Waals surface area contributed by atoms with Gasteiger partial charge in [0.15, 0.2) is 6.10 Å². The van der Waals surface area contributed by atoms with E-state index in [1.807, 2.05) is 0 Å². The molecule has 0 saturated carbocycles. The highest BCUT2D eigenvalue weighted by molar-refractivity contribution is 6.35. The molecule has 1 amide bonds. The highest BCUT2D eigenvalue weighted by Gasteiger charge is 2.22. The second-order valence-electron chi connectivity index (χ2n) is 5.19. The average molecular weight is 398 g/mol. The van der Waals surface area contributed by atoms with Crippen LogP contribution in [0.3, 0.4) is 0 Å². The number of non-ortho nitro benzene ring substituents is 1. The number of ether oxygens (including phenoxy) is 1. The topological polar surface area (TPSA) is 125 Å². The van der Waals surface area contributed by atoms with Crippen LogP contribution in [0.15, 0.2) is 36.4 Å². The van der Waals surface area contributed by atoms with E-state index in [4.69, 9.17) is 33.7 Å². The number of hydrogen-bond donors (Lipinski definition) is 2. The van der Waals surface area contributed by atoms with Gasteiger partial charge in [-0.15, -0.1) is 0 Å².